The third-order valence-corrected chi connectivity index (χ3v) is 3.93. The van der Waals surface area contributed by atoms with Gasteiger partial charge in [0.15, 0.2) is 0 Å². The lowest BCUT2D eigenvalue weighted by Gasteiger charge is -2.14. The smallest absolute Gasteiger partial charge is 0.273 e. The maximum absolute atomic E-state index is 12.4. The van der Waals surface area contributed by atoms with Crippen LogP contribution < -0.4 is 10.9 Å². The van der Waals surface area contributed by atoms with Gasteiger partial charge in [0.2, 0.25) is 0 Å². The normalized spacial score (nSPS) is 11.9. The predicted molar refractivity (Wildman–Crippen MR) is 99.1 cm³/mol. The Morgan fingerprint density at radius 1 is 1.09 bits per heavy atom. The quantitative estimate of drug-likeness (QED) is 0.801. The first-order valence-corrected chi connectivity index (χ1v) is 7.40. The van der Waals surface area contributed by atoms with Crippen molar-refractivity contribution in [2.24, 2.45) is 7.05 Å². The number of nitrogens with one attached hydrogen (secondary N) is 1. The molecular weight excluding hydrogens is 306 g/mol. The van der Waals surface area contributed by atoms with E-state index < -0.39 is 0 Å². The molecule has 0 aliphatic heterocycles. The van der Waals surface area contributed by atoms with Crippen LogP contribution in [0.2, 0.25) is 0 Å². The molecule has 0 saturated carbocycles. The van der Waals surface area contributed by atoms with Gasteiger partial charge in [0.05, 0.1) is 11.0 Å². The largest absolute Gasteiger partial charge is 0.308 e. The molecule has 1 aromatic heterocycles. The molecular formula is C18H21N3OS. The predicted octanol–water partition coefficient (Wildman–Crippen LogP) is 2.90. The maximum Gasteiger partial charge on any atom is 0.273 e. The summed E-state index contributed by atoms with van der Waals surface area (Å²) in [6.07, 6.45) is 0. The molecule has 120 valence electrons. The minimum absolute atomic E-state index is 0. The van der Waals surface area contributed by atoms with Gasteiger partial charge in [-0.15, -0.1) is 0 Å². The molecule has 0 bridgehead atoms. The Bertz CT molecular complexity index is 846. The van der Waals surface area contributed by atoms with Gasteiger partial charge in [-0.25, -0.2) is 4.98 Å². The number of nitrogens with zero attached hydrogens (tertiary/aromatic N) is 2. The summed E-state index contributed by atoms with van der Waals surface area (Å²) in [6, 6.07) is 18.0. The molecule has 0 saturated heterocycles. The molecule has 0 amide bonds. The fraction of sp³-hybridized carbons (Fsp3) is 0.222. The van der Waals surface area contributed by atoms with Gasteiger partial charge in [-0.05, 0) is 24.6 Å². The van der Waals surface area contributed by atoms with E-state index in [1.807, 2.05) is 42.5 Å². The highest BCUT2D eigenvalue weighted by molar-refractivity contribution is 7.59. The molecule has 4 nitrogen and oxygen atoms in total. The molecule has 2 aromatic carbocycles. The van der Waals surface area contributed by atoms with Gasteiger partial charge in [-0.2, -0.15) is 13.5 Å². The third kappa shape index (κ3) is 3.63. The van der Waals surface area contributed by atoms with Crippen molar-refractivity contribution in [1.29, 1.82) is 0 Å². The second kappa shape index (κ2) is 7.44. The number of aromatic nitrogens is 2. The Morgan fingerprint density at radius 2 is 1.74 bits per heavy atom. The van der Waals surface area contributed by atoms with E-state index in [1.165, 1.54) is 5.56 Å². The zero-order chi connectivity index (χ0) is 15.5. The molecule has 23 heavy (non-hydrogen) atoms. The van der Waals surface area contributed by atoms with Gasteiger partial charge in [0, 0.05) is 19.6 Å². The zero-order valence-corrected chi connectivity index (χ0v) is 14.3. The van der Waals surface area contributed by atoms with Crippen molar-refractivity contribution in [1.82, 2.24) is 14.9 Å². The number of benzene rings is 2. The molecule has 0 fully saturated rings. The third-order valence-electron chi connectivity index (χ3n) is 3.93. The molecule has 0 radical (unpaired) electrons. The fourth-order valence-corrected chi connectivity index (χ4v) is 2.56. The van der Waals surface area contributed by atoms with Crippen molar-refractivity contribution in [3.63, 3.8) is 0 Å². The van der Waals surface area contributed by atoms with Gasteiger partial charge < -0.3 is 9.88 Å². The Labute approximate surface area is 142 Å². The summed E-state index contributed by atoms with van der Waals surface area (Å²) < 4.78 is 1.66. The number of hydrogen-bond acceptors (Lipinski definition) is 3. The summed E-state index contributed by atoms with van der Waals surface area (Å²) in [7, 11) is 1.79. The van der Waals surface area contributed by atoms with E-state index >= 15 is 0 Å². The second-order valence-corrected chi connectivity index (χ2v) is 5.42. The molecule has 1 N–H and O–H groups in total. The van der Waals surface area contributed by atoms with Crippen molar-refractivity contribution in [2.75, 3.05) is 0 Å². The van der Waals surface area contributed by atoms with Crippen LogP contribution in [0.25, 0.3) is 11.0 Å². The van der Waals surface area contributed by atoms with Crippen LogP contribution in [-0.4, -0.2) is 9.55 Å². The molecule has 3 aromatic rings. The van der Waals surface area contributed by atoms with Crippen molar-refractivity contribution in [2.45, 2.75) is 19.5 Å². The van der Waals surface area contributed by atoms with Crippen LogP contribution in [0.4, 0.5) is 0 Å². The van der Waals surface area contributed by atoms with Crippen LogP contribution in [-0.2, 0) is 13.6 Å². The molecule has 1 atom stereocenters. The van der Waals surface area contributed by atoms with E-state index in [0.717, 1.165) is 11.0 Å². The number of fused-ring (bicyclic) bond motifs is 1. The van der Waals surface area contributed by atoms with Gasteiger partial charge in [0.1, 0.15) is 5.69 Å². The highest BCUT2D eigenvalue weighted by atomic mass is 32.1. The van der Waals surface area contributed by atoms with Crippen LogP contribution in [0.5, 0.6) is 0 Å². The van der Waals surface area contributed by atoms with E-state index in [4.69, 9.17) is 0 Å². The van der Waals surface area contributed by atoms with Crippen molar-refractivity contribution < 1.29 is 0 Å². The molecule has 3 rings (SSSR count). The summed E-state index contributed by atoms with van der Waals surface area (Å²) in [5.74, 6) is 0. The first-order valence-electron chi connectivity index (χ1n) is 7.40. The molecule has 0 aliphatic rings. The Kier molecular flexibility index (Phi) is 5.58. The molecule has 0 spiro atoms. The average molecular weight is 327 g/mol. The van der Waals surface area contributed by atoms with E-state index in [9.17, 15) is 4.79 Å². The summed E-state index contributed by atoms with van der Waals surface area (Å²) in [4.78, 5) is 16.9. The fourth-order valence-electron chi connectivity index (χ4n) is 2.56. The number of aryl methyl sites for hydroxylation is 1. The minimum Gasteiger partial charge on any atom is -0.308 e. The van der Waals surface area contributed by atoms with Crippen LogP contribution in [0.15, 0.2) is 59.4 Å². The molecule has 1 heterocycles. The van der Waals surface area contributed by atoms with Gasteiger partial charge in [0.25, 0.3) is 5.56 Å². The lowest BCUT2D eigenvalue weighted by atomic mass is 10.1. The monoisotopic (exact) mass is 327 g/mol. The van der Waals surface area contributed by atoms with Gasteiger partial charge >= 0.3 is 0 Å². The number of hydrogen-bond donors (Lipinski definition) is 1. The molecule has 5 heteroatoms. The SMILES string of the molecule is C[C@H](NCc1nc2ccccc2n(C)c1=O)c1ccccc1.S. The summed E-state index contributed by atoms with van der Waals surface area (Å²) >= 11 is 0. The number of para-hydroxylation sites is 2. The van der Waals surface area contributed by atoms with E-state index in [-0.39, 0.29) is 25.1 Å². The first kappa shape index (κ1) is 17.2. The van der Waals surface area contributed by atoms with Crippen LogP contribution in [0.1, 0.15) is 24.2 Å². The zero-order valence-electron chi connectivity index (χ0n) is 13.3. The lowest BCUT2D eigenvalue weighted by Crippen LogP contribution is -2.28. The minimum atomic E-state index is -0.0496. The lowest BCUT2D eigenvalue weighted by molar-refractivity contribution is 0.563. The van der Waals surface area contributed by atoms with E-state index in [0.29, 0.717) is 12.2 Å². The second-order valence-electron chi connectivity index (χ2n) is 5.42. The van der Waals surface area contributed by atoms with Crippen LogP contribution in [0.3, 0.4) is 0 Å². The molecule has 0 aliphatic carbocycles. The molecule has 0 unspecified atom stereocenters. The Balaban J connectivity index is 0.00000192. The average Bonchev–Trinajstić information content (AvgIpc) is 2.57. The summed E-state index contributed by atoms with van der Waals surface area (Å²) in [5, 5.41) is 3.37. The van der Waals surface area contributed by atoms with Crippen molar-refractivity contribution in [3.8, 4) is 0 Å². The van der Waals surface area contributed by atoms with Crippen molar-refractivity contribution in [3.05, 3.63) is 76.2 Å². The summed E-state index contributed by atoms with van der Waals surface area (Å²) in [6.45, 7) is 2.54. The number of rotatable bonds is 4. The maximum atomic E-state index is 12.4. The van der Waals surface area contributed by atoms with E-state index in [2.05, 4.69) is 29.4 Å². The van der Waals surface area contributed by atoms with Gasteiger partial charge in [-0.1, -0.05) is 42.5 Å². The topological polar surface area (TPSA) is 46.9 Å². The standard InChI is InChI=1S/C18H19N3O.H2S/c1-13(14-8-4-3-5-9-14)19-12-16-18(22)21(2)17-11-7-6-10-15(17)20-16;/h3-11,13,19H,12H2,1-2H3;1H2/t13-;/m0./s1. The van der Waals surface area contributed by atoms with Crippen molar-refractivity contribution >= 4 is 24.5 Å². The summed E-state index contributed by atoms with van der Waals surface area (Å²) in [5.41, 5.74) is 3.39. The highest BCUT2D eigenvalue weighted by Gasteiger charge is 2.10. The first-order chi connectivity index (χ1) is 10.7. The Morgan fingerprint density at radius 3 is 2.48 bits per heavy atom. The van der Waals surface area contributed by atoms with Crippen LogP contribution in [0, 0.1) is 0 Å². The Hall–Kier alpha value is -2.11. The highest BCUT2D eigenvalue weighted by Crippen LogP contribution is 2.12. The van der Waals surface area contributed by atoms with E-state index in [1.54, 1.807) is 11.6 Å². The van der Waals surface area contributed by atoms with Gasteiger partial charge in [-0.3, -0.25) is 4.79 Å². The van der Waals surface area contributed by atoms with Crippen LogP contribution >= 0.6 is 13.5 Å².